The first-order valence-electron chi connectivity index (χ1n) is 14.0. The minimum Gasteiger partial charge on any atom is -0.457 e. The standard InChI is InChI=1S/C35H31N3OSi/c1-26-37(2)21-22-38(26,25-37)27-11-9-12-28(23-27)39-29-18-19-33-32(24-29)35-34(17-10-20-36-35)40(33,30-13-5-3-6-14-30)31-15-7-4-8-16-31/h3-24,26H,25H2,1-2H3/q+2/t26-,37?,38?/m0/s1. The molecule has 3 atom stereocenters. The van der Waals surface area contributed by atoms with Crippen LogP contribution in [0.25, 0.3) is 11.3 Å². The summed E-state index contributed by atoms with van der Waals surface area (Å²) in [7, 11) is -0.216. The van der Waals surface area contributed by atoms with E-state index >= 15 is 0 Å². The van der Waals surface area contributed by atoms with E-state index in [1.807, 2.05) is 6.20 Å². The summed E-state index contributed by atoms with van der Waals surface area (Å²) in [6.07, 6.45) is 7.09. The van der Waals surface area contributed by atoms with Crippen LogP contribution >= 0.6 is 0 Å². The van der Waals surface area contributed by atoms with E-state index in [4.69, 9.17) is 9.72 Å². The maximum Gasteiger partial charge on any atom is 0.235 e. The summed E-state index contributed by atoms with van der Waals surface area (Å²) in [5.41, 5.74) is 3.53. The molecule has 5 heteroatoms. The maximum atomic E-state index is 6.57. The largest absolute Gasteiger partial charge is 0.457 e. The summed E-state index contributed by atoms with van der Waals surface area (Å²) in [6.45, 7) is 3.40. The Labute approximate surface area is 236 Å². The molecule has 1 fully saturated rings. The molecular weight excluding hydrogens is 506 g/mol. The van der Waals surface area contributed by atoms with Crippen LogP contribution in [-0.4, -0.2) is 37.4 Å². The Bertz CT molecular complexity index is 1770. The molecule has 2 unspecified atom stereocenters. The molecule has 1 saturated heterocycles. The number of aromatic nitrogens is 1. The summed E-state index contributed by atoms with van der Waals surface area (Å²) in [5.74, 6) is 1.71. The molecule has 194 valence electrons. The molecule has 5 heterocycles. The van der Waals surface area contributed by atoms with E-state index in [-0.39, 0.29) is 0 Å². The van der Waals surface area contributed by atoms with E-state index in [0.29, 0.717) is 6.17 Å². The molecule has 0 amide bonds. The average Bonchev–Trinajstić information content (AvgIpc) is 3.62. The lowest BCUT2D eigenvalue weighted by molar-refractivity contribution is -0.941. The van der Waals surface area contributed by atoms with Gasteiger partial charge in [-0.3, -0.25) is 4.98 Å². The summed E-state index contributed by atoms with van der Waals surface area (Å²) >= 11 is 0. The van der Waals surface area contributed by atoms with Gasteiger partial charge in [-0.2, -0.15) is 8.97 Å². The van der Waals surface area contributed by atoms with Crippen LogP contribution in [0.3, 0.4) is 0 Å². The van der Waals surface area contributed by atoms with Crippen LogP contribution in [0.2, 0.25) is 0 Å². The van der Waals surface area contributed by atoms with Crippen molar-refractivity contribution in [3.8, 4) is 22.8 Å². The van der Waals surface area contributed by atoms with E-state index in [9.17, 15) is 0 Å². The molecule has 4 nitrogen and oxygen atoms in total. The van der Waals surface area contributed by atoms with Gasteiger partial charge in [0.1, 0.15) is 11.5 Å². The highest BCUT2D eigenvalue weighted by Crippen LogP contribution is 2.47. The number of ether oxygens (including phenoxy) is 1. The molecule has 1 aromatic heterocycles. The van der Waals surface area contributed by atoms with Gasteiger partial charge >= 0.3 is 0 Å². The quantitative estimate of drug-likeness (QED) is 0.233. The monoisotopic (exact) mass is 537 g/mol. The molecule has 40 heavy (non-hydrogen) atoms. The smallest absolute Gasteiger partial charge is 0.235 e. The minimum absolute atomic E-state index is 0.492. The summed E-state index contributed by atoms with van der Waals surface area (Å²) in [6, 6.07) is 41.7. The zero-order valence-corrected chi connectivity index (χ0v) is 23.7. The van der Waals surface area contributed by atoms with Crippen molar-refractivity contribution < 1.29 is 9.22 Å². The zero-order chi connectivity index (χ0) is 27.0. The van der Waals surface area contributed by atoms with E-state index in [0.717, 1.165) is 32.8 Å². The normalized spacial score (nSPS) is 24.7. The van der Waals surface area contributed by atoms with Crippen molar-refractivity contribution in [3.05, 3.63) is 134 Å². The second-order valence-electron chi connectivity index (χ2n) is 11.5. The van der Waals surface area contributed by atoms with E-state index in [1.54, 1.807) is 0 Å². The van der Waals surface area contributed by atoms with Gasteiger partial charge in [0.25, 0.3) is 0 Å². The number of benzene rings is 4. The fourth-order valence-corrected chi connectivity index (χ4v) is 12.5. The van der Waals surface area contributed by atoms with Crippen LogP contribution in [0.4, 0.5) is 5.69 Å². The molecule has 0 N–H and O–H groups in total. The van der Waals surface area contributed by atoms with E-state index in [1.165, 1.54) is 32.0 Å². The fraction of sp³-hybridized carbons (Fsp3) is 0.114. The van der Waals surface area contributed by atoms with E-state index in [2.05, 4.69) is 142 Å². The molecule has 0 radical (unpaired) electrons. The van der Waals surface area contributed by atoms with Crippen LogP contribution < -0.4 is 30.0 Å². The van der Waals surface area contributed by atoms with Gasteiger partial charge in [0, 0.05) is 30.8 Å². The van der Waals surface area contributed by atoms with Gasteiger partial charge in [0.2, 0.25) is 12.8 Å². The SMILES string of the molecule is C[C@H]1[N+]2(C)C=C[N+]1(c1cccc(Oc3ccc4c(c3)-c3ncccc3[Si]4(c3ccccc3)c3ccccc3)c1)C2. The van der Waals surface area contributed by atoms with Gasteiger partial charge in [0.05, 0.1) is 12.7 Å². The van der Waals surface area contributed by atoms with Crippen molar-refractivity contribution in [2.75, 3.05) is 13.7 Å². The molecule has 0 spiro atoms. The fourth-order valence-electron chi connectivity index (χ4n) is 7.40. The number of hydrogen-bond acceptors (Lipinski definition) is 2. The lowest BCUT2D eigenvalue weighted by atomic mass is 10.1. The Hall–Kier alpha value is -4.29. The van der Waals surface area contributed by atoms with Crippen molar-refractivity contribution >= 4 is 34.5 Å². The van der Waals surface area contributed by atoms with Gasteiger partial charge < -0.3 is 4.74 Å². The summed E-state index contributed by atoms with van der Waals surface area (Å²) in [4.78, 5) is 4.96. The Morgan fingerprint density at radius 3 is 2.12 bits per heavy atom. The van der Waals surface area contributed by atoms with Gasteiger partial charge in [-0.15, -0.1) is 0 Å². The molecule has 0 saturated carbocycles. The van der Waals surface area contributed by atoms with Crippen molar-refractivity contribution in [1.82, 2.24) is 9.47 Å². The van der Waals surface area contributed by atoms with Crippen LogP contribution in [0, 0.1) is 0 Å². The van der Waals surface area contributed by atoms with Crippen LogP contribution in [0.15, 0.2) is 134 Å². The third-order valence-corrected chi connectivity index (χ3v) is 14.4. The lowest BCUT2D eigenvalue weighted by Crippen LogP contribution is -2.76. The lowest BCUT2D eigenvalue weighted by Gasteiger charge is -2.50. The maximum absolute atomic E-state index is 6.57. The Balaban J connectivity index is 1.24. The highest BCUT2D eigenvalue weighted by atomic mass is 28.3. The molecular formula is C35H31N3OSi+2. The predicted molar refractivity (Wildman–Crippen MR) is 165 cm³/mol. The average molecular weight is 538 g/mol. The van der Waals surface area contributed by atoms with Gasteiger partial charge in [-0.1, -0.05) is 78.9 Å². The minimum atomic E-state index is -2.52. The van der Waals surface area contributed by atoms with Crippen LogP contribution in [0.1, 0.15) is 6.92 Å². The second kappa shape index (κ2) is 8.35. The van der Waals surface area contributed by atoms with Gasteiger partial charge in [-0.05, 0) is 45.0 Å². The van der Waals surface area contributed by atoms with Crippen molar-refractivity contribution in [3.63, 3.8) is 0 Å². The Kier molecular flexibility index (Phi) is 4.92. The molecule has 4 aliphatic rings. The van der Waals surface area contributed by atoms with Crippen LogP contribution in [-0.2, 0) is 0 Å². The third-order valence-electron chi connectivity index (χ3n) is 9.54. The first kappa shape index (κ1) is 23.6. The molecule has 4 aliphatic heterocycles. The topological polar surface area (TPSA) is 22.1 Å². The molecule has 4 aromatic carbocycles. The number of nitrogens with zero attached hydrogens (tertiary/aromatic N) is 3. The first-order chi connectivity index (χ1) is 19.5. The first-order valence-corrected chi connectivity index (χ1v) is 16.0. The summed E-state index contributed by atoms with van der Waals surface area (Å²) in [5, 5.41) is 5.45. The van der Waals surface area contributed by atoms with E-state index < -0.39 is 8.07 Å². The van der Waals surface area contributed by atoms with Crippen molar-refractivity contribution in [1.29, 1.82) is 0 Å². The molecule has 2 bridgehead atoms. The predicted octanol–water partition coefficient (Wildman–Crippen LogP) is 4.79. The number of quaternary nitrogens is 2. The highest BCUT2D eigenvalue weighted by Gasteiger charge is 2.66. The highest BCUT2D eigenvalue weighted by molar-refractivity contribution is 7.22. The molecule has 0 aliphatic carbocycles. The third kappa shape index (κ3) is 3.05. The van der Waals surface area contributed by atoms with Crippen LogP contribution in [0.5, 0.6) is 11.5 Å². The zero-order valence-electron chi connectivity index (χ0n) is 22.7. The summed E-state index contributed by atoms with van der Waals surface area (Å²) < 4.78 is 8.45. The van der Waals surface area contributed by atoms with Crippen molar-refractivity contribution in [2.24, 2.45) is 0 Å². The number of fused-ring (bicyclic) bond motifs is 3. The molecule has 9 rings (SSSR count). The Morgan fingerprint density at radius 2 is 1.45 bits per heavy atom. The number of hydrogen-bond donors (Lipinski definition) is 0. The molecule has 5 aromatic rings. The number of pyridine rings is 1. The van der Waals surface area contributed by atoms with Gasteiger partial charge in [-0.25, -0.2) is 0 Å². The Morgan fingerprint density at radius 1 is 0.725 bits per heavy atom. The van der Waals surface area contributed by atoms with Crippen molar-refractivity contribution in [2.45, 2.75) is 13.1 Å². The number of rotatable bonds is 5. The van der Waals surface area contributed by atoms with Gasteiger partial charge in [0.15, 0.2) is 26.2 Å². The second-order valence-corrected chi connectivity index (χ2v) is 15.3.